The Morgan fingerprint density at radius 1 is 1.05 bits per heavy atom. The Morgan fingerprint density at radius 3 is 2.43 bits per heavy atom. The van der Waals surface area contributed by atoms with Crippen molar-refractivity contribution >= 4 is 6.29 Å². The van der Waals surface area contributed by atoms with Gasteiger partial charge in [-0.3, -0.25) is 9.48 Å². The topological polar surface area (TPSA) is 34.9 Å². The second kappa shape index (κ2) is 5.75. The summed E-state index contributed by atoms with van der Waals surface area (Å²) < 4.78 is 1.88. The Kier molecular flexibility index (Phi) is 3.65. The van der Waals surface area contributed by atoms with E-state index in [1.807, 2.05) is 35.0 Å². The third kappa shape index (κ3) is 2.77. The van der Waals surface area contributed by atoms with Crippen molar-refractivity contribution in [1.29, 1.82) is 0 Å². The summed E-state index contributed by atoms with van der Waals surface area (Å²) in [5.41, 5.74) is 4.89. The number of carbonyl (C=O) groups excluding carboxylic acids is 1. The summed E-state index contributed by atoms with van der Waals surface area (Å²) in [6.45, 7) is 2.72. The Bertz CT molecular complexity index is 743. The van der Waals surface area contributed by atoms with Crippen molar-refractivity contribution < 1.29 is 4.79 Å². The lowest BCUT2D eigenvalue weighted by molar-refractivity contribution is 0.112. The molecule has 0 aliphatic heterocycles. The molecule has 3 rings (SSSR count). The van der Waals surface area contributed by atoms with Gasteiger partial charge in [0, 0.05) is 5.56 Å². The van der Waals surface area contributed by atoms with Crippen LogP contribution in [0.1, 0.15) is 21.5 Å². The number of rotatable bonds is 4. The number of carbonyl (C=O) groups is 1. The summed E-state index contributed by atoms with van der Waals surface area (Å²) in [4.78, 5) is 11.3. The lowest BCUT2D eigenvalue weighted by atomic mass is 10.1. The van der Waals surface area contributed by atoms with Crippen molar-refractivity contribution in [1.82, 2.24) is 9.78 Å². The molecule has 104 valence electrons. The highest BCUT2D eigenvalue weighted by Crippen LogP contribution is 2.23. The van der Waals surface area contributed by atoms with E-state index in [0.29, 0.717) is 12.1 Å². The highest BCUT2D eigenvalue weighted by atomic mass is 16.1. The van der Waals surface area contributed by atoms with Gasteiger partial charge < -0.3 is 0 Å². The Morgan fingerprint density at radius 2 is 1.76 bits per heavy atom. The highest BCUT2D eigenvalue weighted by Gasteiger charge is 2.12. The third-order valence-electron chi connectivity index (χ3n) is 3.49. The van der Waals surface area contributed by atoms with E-state index in [-0.39, 0.29) is 0 Å². The molecule has 0 saturated heterocycles. The molecule has 3 heteroatoms. The molecule has 3 nitrogen and oxygen atoms in total. The van der Waals surface area contributed by atoms with Crippen LogP contribution in [0.15, 0.2) is 60.8 Å². The molecular formula is C18H16N2O. The summed E-state index contributed by atoms with van der Waals surface area (Å²) >= 11 is 0. The number of aromatic nitrogens is 2. The number of aldehydes is 1. The summed E-state index contributed by atoms with van der Waals surface area (Å²) in [6, 6.07) is 18.2. The molecule has 3 aromatic rings. The Balaban J connectivity index is 2.01. The predicted molar refractivity (Wildman–Crippen MR) is 83.3 cm³/mol. The maximum absolute atomic E-state index is 11.3. The van der Waals surface area contributed by atoms with Gasteiger partial charge in [-0.25, -0.2) is 0 Å². The van der Waals surface area contributed by atoms with Crippen LogP contribution in [0.5, 0.6) is 0 Å². The van der Waals surface area contributed by atoms with Gasteiger partial charge >= 0.3 is 0 Å². The highest BCUT2D eigenvalue weighted by molar-refractivity contribution is 5.85. The Hall–Kier alpha value is -2.68. The molecule has 0 unspecified atom stereocenters. The first kappa shape index (κ1) is 13.3. The lowest BCUT2D eigenvalue weighted by Gasteiger charge is -2.09. The molecule has 0 aliphatic carbocycles. The van der Waals surface area contributed by atoms with Gasteiger partial charge in [0.1, 0.15) is 0 Å². The van der Waals surface area contributed by atoms with Gasteiger partial charge in [-0.2, -0.15) is 5.10 Å². The fourth-order valence-electron chi connectivity index (χ4n) is 2.38. The van der Waals surface area contributed by atoms with Crippen molar-refractivity contribution in [2.45, 2.75) is 13.5 Å². The smallest absolute Gasteiger partial charge is 0.153 e. The van der Waals surface area contributed by atoms with Crippen LogP contribution in [0.2, 0.25) is 0 Å². The number of hydrogen-bond acceptors (Lipinski definition) is 2. The molecule has 1 aromatic heterocycles. The van der Waals surface area contributed by atoms with E-state index < -0.39 is 0 Å². The van der Waals surface area contributed by atoms with Gasteiger partial charge in [-0.15, -0.1) is 0 Å². The zero-order chi connectivity index (χ0) is 14.7. The molecule has 0 N–H and O–H groups in total. The zero-order valence-corrected chi connectivity index (χ0v) is 11.9. The Labute approximate surface area is 123 Å². The minimum Gasteiger partial charge on any atom is -0.298 e. The van der Waals surface area contributed by atoms with E-state index >= 15 is 0 Å². The summed E-state index contributed by atoms with van der Waals surface area (Å²) in [5, 5.41) is 4.37. The van der Waals surface area contributed by atoms with Crippen LogP contribution in [-0.4, -0.2) is 16.1 Å². The van der Waals surface area contributed by atoms with Gasteiger partial charge in [0.2, 0.25) is 0 Å². The molecule has 0 fully saturated rings. The molecule has 0 bridgehead atoms. The van der Waals surface area contributed by atoms with Gasteiger partial charge in [-0.05, 0) is 12.5 Å². The molecule has 0 radical (unpaired) electrons. The molecule has 2 aromatic carbocycles. The summed E-state index contributed by atoms with van der Waals surface area (Å²) in [5.74, 6) is 0. The number of hydrogen-bond donors (Lipinski definition) is 0. The largest absolute Gasteiger partial charge is 0.298 e. The normalized spacial score (nSPS) is 10.5. The molecule has 0 amide bonds. The average Bonchev–Trinajstić information content (AvgIpc) is 2.93. The minimum atomic E-state index is 0.619. The fourth-order valence-corrected chi connectivity index (χ4v) is 2.38. The maximum atomic E-state index is 11.3. The minimum absolute atomic E-state index is 0.619. The van der Waals surface area contributed by atoms with Crippen LogP contribution in [0.25, 0.3) is 11.3 Å². The van der Waals surface area contributed by atoms with Gasteiger partial charge in [-0.1, -0.05) is 60.2 Å². The predicted octanol–water partition coefficient (Wildman–Crippen LogP) is 3.72. The van der Waals surface area contributed by atoms with Crippen LogP contribution in [-0.2, 0) is 6.54 Å². The van der Waals surface area contributed by atoms with Crippen LogP contribution < -0.4 is 0 Å². The molecular weight excluding hydrogens is 260 g/mol. The van der Waals surface area contributed by atoms with Crippen LogP contribution in [0, 0.1) is 6.92 Å². The van der Waals surface area contributed by atoms with E-state index in [0.717, 1.165) is 17.5 Å². The summed E-state index contributed by atoms with van der Waals surface area (Å²) in [6.07, 6.45) is 2.49. The van der Waals surface area contributed by atoms with Crippen molar-refractivity contribution in [3.05, 3.63) is 77.5 Å². The molecule has 0 atom stereocenters. The first-order valence-electron chi connectivity index (χ1n) is 6.90. The van der Waals surface area contributed by atoms with E-state index in [4.69, 9.17) is 0 Å². The molecule has 0 spiro atoms. The monoisotopic (exact) mass is 276 g/mol. The first-order valence-corrected chi connectivity index (χ1v) is 6.90. The van der Waals surface area contributed by atoms with E-state index in [2.05, 4.69) is 36.3 Å². The van der Waals surface area contributed by atoms with Gasteiger partial charge in [0.25, 0.3) is 0 Å². The van der Waals surface area contributed by atoms with E-state index in [9.17, 15) is 4.79 Å². The van der Waals surface area contributed by atoms with Crippen LogP contribution in [0.3, 0.4) is 0 Å². The number of aryl methyl sites for hydroxylation is 1. The quantitative estimate of drug-likeness (QED) is 0.681. The second-order valence-corrected chi connectivity index (χ2v) is 5.08. The number of nitrogens with zero attached hydrogens (tertiary/aromatic N) is 2. The molecule has 0 saturated carbocycles. The average molecular weight is 276 g/mol. The van der Waals surface area contributed by atoms with Crippen molar-refractivity contribution in [3.63, 3.8) is 0 Å². The van der Waals surface area contributed by atoms with Gasteiger partial charge in [0.05, 0.1) is 24.0 Å². The SMILES string of the molecule is Cc1ccc(Cn2ncc(C=O)c2-c2ccccc2)cc1. The second-order valence-electron chi connectivity index (χ2n) is 5.08. The molecule has 1 heterocycles. The lowest BCUT2D eigenvalue weighted by Crippen LogP contribution is -2.04. The fraction of sp³-hybridized carbons (Fsp3) is 0.111. The van der Waals surface area contributed by atoms with Gasteiger partial charge in [0.15, 0.2) is 6.29 Å². The van der Waals surface area contributed by atoms with Crippen molar-refractivity contribution in [2.75, 3.05) is 0 Å². The summed E-state index contributed by atoms with van der Waals surface area (Å²) in [7, 11) is 0. The number of benzene rings is 2. The van der Waals surface area contributed by atoms with E-state index in [1.54, 1.807) is 6.20 Å². The molecule has 21 heavy (non-hydrogen) atoms. The van der Waals surface area contributed by atoms with Crippen molar-refractivity contribution in [2.24, 2.45) is 0 Å². The van der Waals surface area contributed by atoms with Crippen molar-refractivity contribution in [3.8, 4) is 11.3 Å². The first-order chi connectivity index (χ1) is 10.3. The standard InChI is InChI=1S/C18H16N2O/c1-14-7-9-15(10-8-14)12-20-18(17(13-21)11-19-20)16-5-3-2-4-6-16/h2-11,13H,12H2,1H3. The zero-order valence-electron chi connectivity index (χ0n) is 11.9. The maximum Gasteiger partial charge on any atom is 0.153 e. The van der Waals surface area contributed by atoms with E-state index in [1.165, 1.54) is 11.1 Å². The van der Waals surface area contributed by atoms with Crippen LogP contribution >= 0.6 is 0 Å². The van der Waals surface area contributed by atoms with Crippen LogP contribution in [0.4, 0.5) is 0 Å². The third-order valence-corrected chi connectivity index (χ3v) is 3.49. The molecule has 0 aliphatic rings.